The third kappa shape index (κ3) is 1.36. The number of hydrogen-bond acceptors (Lipinski definition) is 0. The lowest BCUT2D eigenvalue weighted by Crippen LogP contribution is -2.32. The second-order valence-corrected chi connectivity index (χ2v) is 8.97. The van der Waals surface area contributed by atoms with Gasteiger partial charge in [0.1, 0.15) is 0 Å². The molecule has 2 saturated carbocycles. The predicted octanol–water partition coefficient (Wildman–Crippen LogP) is 4.09. The molecule has 3 rings (SSSR count). The molecule has 2 heteroatoms. The summed E-state index contributed by atoms with van der Waals surface area (Å²) in [6, 6.07) is 0. The van der Waals surface area contributed by atoms with E-state index in [1.54, 1.807) is 0 Å². The molecular formula is C11H14Br2. The molecule has 4 atom stereocenters. The minimum atomic E-state index is 0.263. The summed E-state index contributed by atoms with van der Waals surface area (Å²) < 4.78 is 0.263. The van der Waals surface area contributed by atoms with Gasteiger partial charge in [0.15, 0.2) is 0 Å². The molecule has 0 aliphatic heterocycles. The van der Waals surface area contributed by atoms with Crippen LogP contribution in [0.1, 0.15) is 25.7 Å². The summed E-state index contributed by atoms with van der Waals surface area (Å²) in [5.74, 6) is 3.82. The highest BCUT2D eigenvalue weighted by molar-refractivity contribution is 9.25. The van der Waals surface area contributed by atoms with Gasteiger partial charge in [-0.1, -0.05) is 44.0 Å². The van der Waals surface area contributed by atoms with Gasteiger partial charge < -0.3 is 0 Å². The molecule has 3 aliphatic carbocycles. The van der Waals surface area contributed by atoms with Crippen molar-refractivity contribution < 1.29 is 0 Å². The molecule has 4 unspecified atom stereocenters. The highest BCUT2D eigenvalue weighted by Gasteiger charge is 2.49. The first-order valence-corrected chi connectivity index (χ1v) is 6.80. The minimum Gasteiger partial charge on any atom is -0.0848 e. The molecule has 0 radical (unpaired) electrons. The maximum Gasteiger partial charge on any atom is 0.0808 e. The summed E-state index contributed by atoms with van der Waals surface area (Å²) in [5, 5.41) is 0. The van der Waals surface area contributed by atoms with Crippen LogP contribution in [0, 0.1) is 23.7 Å². The molecule has 72 valence electrons. The Hall–Kier alpha value is 0.700. The Morgan fingerprint density at radius 2 is 1.77 bits per heavy atom. The van der Waals surface area contributed by atoms with Crippen LogP contribution >= 0.6 is 31.9 Å². The summed E-state index contributed by atoms with van der Waals surface area (Å²) >= 11 is 7.59. The molecule has 0 N–H and O–H groups in total. The second kappa shape index (κ2) is 2.85. The number of halogens is 2. The van der Waals surface area contributed by atoms with Gasteiger partial charge in [0.25, 0.3) is 0 Å². The maximum atomic E-state index is 3.79. The van der Waals surface area contributed by atoms with Crippen LogP contribution in [0.3, 0.4) is 0 Å². The van der Waals surface area contributed by atoms with E-state index in [9.17, 15) is 0 Å². The van der Waals surface area contributed by atoms with E-state index in [0.717, 1.165) is 23.7 Å². The van der Waals surface area contributed by atoms with E-state index in [0.29, 0.717) is 0 Å². The van der Waals surface area contributed by atoms with Gasteiger partial charge in [0.2, 0.25) is 0 Å². The Bertz CT molecular complexity index is 257. The van der Waals surface area contributed by atoms with Gasteiger partial charge in [-0.15, -0.1) is 0 Å². The lowest BCUT2D eigenvalue weighted by molar-refractivity contribution is 0.221. The SMILES string of the molecule is BrC1(Br)CCC2C3C=CC(C3)C2C1. The fourth-order valence-electron chi connectivity index (χ4n) is 3.58. The van der Waals surface area contributed by atoms with Gasteiger partial charge in [-0.05, 0) is 49.4 Å². The Kier molecular flexibility index (Phi) is 1.97. The number of rotatable bonds is 0. The zero-order chi connectivity index (χ0) is 9.05. The molecule has 0 nitrogen and oxygen atoms in total. The molecule has 0 aromatic rings. The van der Waals surface area contributed by atoms with Gasteiger partial charge >= 0.3 is 0 Å². The Labute approximate surface area is 96.4 Å². The summed E-state index contributed by atoms with van der Waals surface area (Å²) in [6.45, 7) is 0. The van der Waals surface area contributed by atoms with Crippen molar-refractivity contribution in [1.29, 1.82) is 0 Å². The number of allylic oxidation sites excluding steroid dienone is 2. The molecule has 0 saturated heterocycles. The largest absolute Gasteiger partial charge is 0.0848 e. The molecule has 13 heavy (non-hydrogen) atoms. The van der Waals surface area contributed by atoms with E-state index in [2.05, 4.69) is 44.0 Å². The molecule has 2 fully saturated rings. The van der Waals surface area contributed by atoms with Gasteiger partial charge in [-0.25, -0.2) is 0 Å². The third-order valence-corrected chi connectivity index (χ3v) is 5.62. The second-order valence-electron chi connectivity index (χ2n) is 4.87. The standard InChI is InChI=1S/C11H14Br2/c12-11(13)4-3-9-7-1-2-8(5-7)10(9)6-11/h1-2,7-10H,3-6H2. The molecule has 3 aliphatic rings. The first-order chi connectivity index (χ1) is 6.16. The molecule has 0 heterocycles. The number of alkyl halides is 2. The Morgan fingerprint density at radius 3 is 2.54 bits per heavy atom. The van der Waals surface area contributed by atoms with Gasteiger partial charge in [-0.3, -0.25) is 0 Å². The molecule has 0 spiro atoms. The summed E-state index contributed by atoms with van der Waals surface area (Å²) in [5.41, 5.74) is 0. The summed E-state index contributed by atoms with van der Waals surface area (Å²) in [7, 11) is 0. The van der Waals surface area contributed by atoms with Crippen LogP contribution in [0.5, 0.6) is 0 Å². The minimum absolute atomic E-state index is 0.263. The average molecular weight is 306 g/mol. The summed E-state index contributed by atoms with van der Waals surface area (Å²) in [4.78, 5) is 0. The molecule has 2 bridgehead atoms. The number of fused-ring (bicyclic) bond motifs is 5. The average Bonchev–Trinajstić information content (AvgIpc) is 2.61. The van der Waals surface area contributed by atoms with Crippen LogP contribution in [-0.4, -0.2) is 3.23 Å². The van der Waals surface area contributed by atoms with E-state index in [4.69, 9.17) is 0 Å². The highest BCUT2D eigenvalue weighted by atomic mass is 79.9. The maximum absolute atomic E-state index is 3.79. The van der Waals surface area contributed by atoms with E-state index < -0.39 is 0 Å². The van der Waals surface area contributed by atoms with Crippen molar-refractivity contribution in [2.45, 2.75) is 28.9 Å². The van der Waals surface area contributed by atoms with Crippen LogP contribution in [0.4, 0.5) is 0 Å². The highest BCUT2D eigenvalue weighted by Crippen LogP contribution is 2.58. The Morgan fingerprint density at radius 1 is 1.08 bits per heavy atom. The van der Waals surface area contributed by atoms with Crippen molar-refractivity contribution in [1.82, 2.24) is 0 Å². The van der Waals surface area contributed by atoms with Crippen LogP contribution in [0.25, 0.3) is 0 Å². The topological polar surface area (TPSA) is 0 Å². The van der Waals surface area contributed by atoms with E-state index in [-0.39, 0.29) is 3.23 Å². The van der Waals surface area contributed by atoms with Crippen molar-refractivity contribution in [3.63, 3.8) is 0 Å². The third-order valence-electron chi connectivity index (χ3n) is 4.18. The fourth-order valence-corrected chi connectivity index (χ4v) is 4.79. The molecule has 0 aromatic heterocycles. The van der Waals surface area contributed by atoms with Crippen LogP contribution in [0.15, 0.2) is 12.2 Å². The predicted molar refractivity (Wildman–Crippen MR) is 62.2 cm³/mol. The van der Waals surface area contributed by atoms with Crippen LogP contribution < -0.4 is 0 Å². The van der Waals surface area contributed by atoms with E-state index >= 15 is 0 Å². The number of hydrogen-bond donors (Lipinski definition) is 0. The van der Waals surface area contributed by atoms with Crippen molar-refractivity contribution in [2.24, 2.45) is 23.7 Å². The van der Waals surface area contributed by atoms with Crippen molar-refractivity contribution in [2.75, 3.05) is 0 Å². The first kappa shape index (κ1) is 8.96. The van der Waals surface area contributed by atoms with Crippen molar-refractivity contribution in [3.8, 4) is 0 Å². The quantitative estimate of drug-likeness (QED) is 0.467. The normalized spacial score (nSPS) is 50.9. The fraction of sp³-hybridized carbons (Fsp3) is 0.818. The van der Waals surface area contributed by atoms with Crippen molar-refractivity contribution in [3.05, 3.63) is 12.2 Å². The molecular weight excluding hydrogens is 292 g/mol. The molecule has 0 amide bonds. The van der Waals surface area contributed by atoms with Gasteiger partial charge in [0.05, 0.1) is 3.23 Å². The van der Waals surface area contributed by atoms with Crippen molar-refractivity contribution >= 4 is 31.9 Å². The lowest BCUT2D eigenvalue weighted by atomic mass is 9.73. The smallest absolute Gasteiger partial charge is 0.0808 e. The zero-order valence-corrected chi connectivity index (χ0v) is 10.7. The van der Waals surface area contributed by atoms with E-state index in [1.165, 1.54) is 25.7 Å². The van der Waals surface area contributed by atoms with Gasteiger partial charge in [-0.2, -0.15) is 0 Å². The molecule has 0 aromatic carbocycles. The first-order valence-electron chi connectivity index (χ1n) is 5.22. The lowest BCUT2D eigenvalue weighted by Gasteiger charge is -2.39. The Balaban J connectivity index is 1.86. The van der Waals surface area contributed by atoms with Gasteiger partial charge in [0, 0.05) is 0 Å². The van der Waals surface area contributed by atoms with E-state index in [1.807, 2.05) is 0 Å². The summed E-state index contributed by atoms with van der Waals surface area (Å²) in [6.07, 6.45) is 10.4. The van der Waals surface area contributed by atoms with Crippen LogP contribution in [-0.2, 0) is 0 Å². The monoisotopic (exact) mass is 304 g/mol. The van der Waals surface area contributed by atoms with Crippen LogP contribution in [0.2, 0.25) is 0 Å². The zero-order valence-electron chi connectivity index (χ0n) is 7.55.